The number of allylic oxidation sites excluding steroid dienone is 2. The van der Waals surface area contributed by atoms with E-state index in [0.717, 1.165) is 11.3 Å². The van der Waals surface area contributed by atoms with E-state index < -0.39 is 46.6 Å². The highest BCUT2D eigenvalue weighted by Gasteiger charge is 2.51. The predicted octanol–water partition coefficient (Wildman–Crippen LogP) is 2.72. The van der Waals surface area contributed by atoms with Gasteiger partial charge in [-0.25, -0.2) is 0 Å². The molecule has 2 aromatic rings. The van der Waals surface area contributed by atoms with Crippen molar-refractivity contribution in [1.29, 1.82) is 0 Å². The summed E-state index contributed by atoms with van der Waals surface area (Å²) in [6.07, 6.45) is 0.591. The second-order valence-electron chi connectivity index (χ2n) is 10.8. The lowest BCUT2D eigenvalue weighted by Gasteiger charge is -2.41. The van der Waals surface area contributed by atoms with Crippen molar-refractivity contribution in [3.8, 4) is 17.2 Å². The first-order chi connectivity index (χ1) is 19.1. The zero-order chi connectivity index (χ0) is 28.5. The van der Waals surface area contributed by atoms with Gasteiger partial charge < -0.3 is 40.7 Å². The van der Waals surface area contributed by atoms with Crippen molar-refractivity contribution in [2.75, 3.05) is 31.1 Å². The molecule has 1 heterocycles. The molecule has 3 atom stereocenters. The minimum atomic E-state index is -1.15. The average Bonchev–Trinajstić information content (AvgIpc) is 3.35. The number of rotatable bonds is 5. The van der Waals surface area contributed by atoms with Crippen LogP contribution in [0.3, 0.4) is 0 Å². The SMILES string of the molecule is CN(C)c1cc(NCc2ccc3c(c2)OCO3)c(O)c2c1CC1CC3CC(=O)C(C(N)=O)=C(O)C3C(=O)C1=C2O. The third-order valence-electron chi connectivity index (χ3n) is 8.27. The topological polar surface area (TPSA) is 172 Å². The van der Waals surface area contributed by atoms with Crippen LogP contribution in [0.4, 0.5) is 11.4 Å². The number of phenols is 1. The number of aliphatic hydroxyl groups is 2. The first-order valence-corrected chi connectivity index (χ1v) is 13.0. The van der Waals surface area contributed by atoms with Crippen molar-refractivity contribution in [3.05, 3.63) is 57.9 Å². The number of carbonyl (C=O) groups is 3. The number of ketones is 2. The second kappa shape index (κ2) is 9.22. The Hall–Kier alpha value is -4.67. The van der Waals surface area contributed by atoms with Gasteiger partial charge in [-0.3, -0.25) is 14.4 Å². The zero-order valence-electron chi connectivity index (χ0n) is 22.0. The van der Waals surface area contributed by atoms with Crippen molar-refractivity contribution in [2.45, 2.75) is 25.8 Å². The fourth-order valence-electron chi connectivity index (χ4n) is 6.47. The molecule has 11 heteroatoms. The maximum absolute atomic E-state index is 13.7. The van der Waals surface area contributed by atoms with E-state index in [-0.39, 0.29) is 35.9 Å². The van der Waals surface area contributed by atoms with Crippen LogP contribution in [-0.2, 0) is 27.3 Å². The van der Waals surface area contributed by atoms with Gasteiger partial charge in [-0.05, 0) is 54.0 Å². The Balaban J connectivity index is 1.40. The molecule has 0 bridgehead atoms. The molecule has 1 aliphatic heterocycles. The standard InChI is InChI=1S/C29H29N3O8/c1-32(2)17-9-16(31-10-12-3-4-19-20(5-12)40-11-39-19)25(34)23-15(17)7-13-6-14-8-18(33)24(29(30)38)28(37)22(14)26(35)21(13)27(23)36/h3-5,9,13-14,22,31,34,36-37H,6-8,10-11H2,1-2H3,(H2,30,38). The summed E-state index contributed by atoms with van der Waals surface area (Å²) in [6, 6.07) is 7.32. The molecule has 6 N–H and O–H groups in total. The molecule has 1 fully saturated rings. The maximum atomic E-state index is 13.7. The summed E-state index contributed by atoms with van der Waals surface area (Å²) in [7, 11) is 3.70. The number of hydrogen-bond acceptors (Lipinski definition) is 10. The Labute approximate surface area is 229 Å². The fraction of sp³-hybridized carbons (Fsp3) is 0.345. The molecule has 0 saturated heterocycles. The second-order valence-corrected chi connectivity index (χ2v) is 10.8. The van der Waals surface area contributed by atoms with Crippen molar-refractivity contribution < 1.29 is 39.2 Å². The largest absolute Gasteiger partial charge is 0.511 e. The monoisotopic (exact) mass is 547 g/mol. The number of nitrogens with one attached hydrogen (secondary N) is 1. The molecule has 3 unspecified atom stereocenters. The zero-order valence-corrected chi connectivity index (χ0v) is 22.0. The smallest absolute Gasteiger partial charge is 0.255 e. The number of hydrogen-bond donors (Lipinski definition) is 5. The molecular formula is C29H29N3O8. The van der Waals surface area contributed by atoms with Crippen LogP contribution in [0.5, 0.6) is 17.2 Å². The van der Waals surface area contributed by atoms with Gasteiger partial charge in [0.1, 0.15) is 22.8 Å². The van der Waals surface area contributed by atoms with Crippen LogP contribution in [-0.4, -0.2) is 53.7 Å². The van der Waals surface area contributed by atoms with E-state index in [1.807, 2.05) is 37.2 Å². The highest BCUT2D eigenvalue weighted by Crippen LogP contribution is 2.53. The predicted molar refractivity (Wildman–Crippen MR) is 144 cm³/mol. The van der Waals surface area contributed by atoms with E-state index in [9.17, 15) is 29.7 Å². The van der Waals surface area contributed by atoms with Gasteiger partial charge in [-0.1, -0.05) is 6.07 Å². The number of aliphatic hydroxyl groups excluding tert-OH is 2. The first-order valence-electron chi connectivity index (χ1n) is 13.0. The van der Waals surface area contributed by atoms with E-state index in [1.165, 1.54) is 0 Å². The van der Waals surface area contributed by atoms with Gasteiger partial charge in [-0.2, -0.15) is 0 Å². The molecule has 0 spiro atoms. The van der Waals surface area contributed by atoms with Crippen molar-refractivity contribution in [3.63, 3.8) is 0 Å². The highest BCUT2D eigenvalue weighted by molar-refractivity contribution is 6.21. The van der Waals surface area contributed by atoms with Crippen molar-refractivity contribution in [1.82, 2.24) is 0 Å². The van der Waals surface area contributed by atoms with E-state index in [4.69, 9.17) is 15.2 Å². The summed E-state index contributed by atoms with van der Waals surface area (Å²) in [6.45, 7) is 0.494. The Kier molecular flexibility index (Phi) is 5.90. The molecule has 40 heavy (non-hydrogen) atoms. The van der Waals surface area contributed by atoms with Crippen molar-refractivity contribution >= 4 is 34.6 Å². The Morgan fingerprint density at radius 3 is 2.58 bits per heavy atom. The molecule has 1 amide bonds. The van der Waals surface area contributed by atoms with E-state index in [1.54, 1.807) is 6.07 Å². The number of fused-ring (bicyclic) bond motifs is 4. The molecule has 6 rings (SSSR count). The molecule has 0 radical (unpaired) electrons. The number of Topliss-reactive ketones (excluding diaryl/α,β-unsaturated/α-hetero) is 2. The summed E-state index contributed by atoms with van der Waals surface area (Å²) < 4.78 is 10.8. The number of nitrogens with two attached hydrogens (primary N) is 1. The maximum Gasteiger partial charge on any atom is 0.255 e. The first kappa shape index (κ1) is 25.6. The molecule has 0 aromatic heterocycles. The minimum Gasteiger partial charge on any atom is -0.511 e. The van der Waals surface area contributed by atoms with Gasteiger partial charge >= 0.3 is 0 Å². The van der Waals surface area contributed by atoms with E-state index in [0.29, 0.717) is 42.1 Å². The molecule has 208 valence electrons. The lowest BCUT2D eigenvalue weighted by molar-refractivity contribution is -0.127. The Morgan fingerprint density at radius 2 is 1.85 bits per heavy atom. The van der Waals surface area contributed by atoms with Crippen LogP contribution < -0.4 is 25.4 Å². The molecule has 1 saturated carbocycles. The fourth-order valence-corrected chi connectivity index (χ4v) is 6.47. The van der Waals surface area contributed by atoms with Gasteiger partial charge in [0.05, 0.1) is 17.2 Å². The van der Waals surface area contributed by atoms with Crippen LogP contribution >= 0.6 is 0 Å². The number of primary amides is 1. The molecule has 4 aliphatic rings. The minimum absolute atomic E-state index is 0.0754. The van der Waals surface area contributed by atoms with Gasteiger partial charge in [0.15, 0.2) is 23.1 Å². The lowest BCUT2D eigenvalue weighted by atomic mass is 9.61. The van der Waals surface area contributed by atoms with Crippen LogP contribution in [0.1, 0.15) is 29.5 Å². The average molecular weight is 548 g/mol. The summed E-state index contributed by atoms with van der Waals surface area (Å²) >= 11 is 0. The Morgan fingerprint density at radius 1 is 1.10 bits per heavy atom. The van der Waals surface area contributed by atoms with Crippen LogP contribution in [0.25, 0.3) is 5.76 Å². The van der Waals surface area contributed by atoms with Gasteiger partial charge in [0.2, 0.25) is 6.79 Å². The highest BCUT2D eigenvalue weighted by atomic mass is 16.7. The number of ether oxygens (including phenoxy) is 2. The van der Waals surface area contributed by atoms with E-state index >= 15 is 0 Å². The van der Waals surface area contributed by atoms with Gasteiger partial charge in [-0.15, -0.1) is 0 Å². The van der Waals surface area contributed by atoms with Crippen molar-refractivity contribution in [2.24, 2.45) is 23.5 Å². The lowest BCUT2D eigenvalue weighted by Crippen LogP contribution is -2.44. The number of phenolic OH excluding ortho intramolecular Hbond substituents is 1. The molecular weight excluding hydrogens is 518 g/mol. The Bertz CT molecular complexity index is 1560. The van der Waals surface area contributed by atoms with E-state index in [2.05, 4.69) is 5.32 Å². The molecule has 3 aliphatic carbocycles. The number of benzene rings is 2. The number of nitrogens with zero attached hydrogens (tertiary/aromatic N) is 1. The van der Waals surface area contributed by atoms with Crippen LogP contribution in [0.2, 0.25) is 0 Å². The van der Waals surface area contributed by atoms with Gasteiger partial charge in [0.25, 0.3) is 5.91 Å². The number of amides is 1. The number of aromatic hydroxyl groups is 1. The summed E-state index contributed by atoms with van der Waals surface area (Å²) in [4.78, 5) is 39.9. The quantitative estimate of drug-likeness (QED) is 0.277. The van der Waals surface area contributed by atoms with Gasteiger partial charge in [0, 0.05) is 38.3 Å². The third kappa shape index (κ3) is 3.83. The molecule has 11 nitrogen and oxygen atoms in total. The summed E-state index contributed by atoms with van der Waals surface area (Å²) in [5.41, 5.74) is 7.62. The number of carbonyl (C=O) groups excluding carboxylic acids is 3. The third-order valence-corrected chi connectivity index (χ3v) is 8.27. The van der Waals surface area contributed by atoms with Crippen LogP contribution in [0.15, 0.2) is 41.2 Å². The molecule has 2 aromatic carbocycles. The number of anilines is 2. The normalized spacial score (nSPS) is 23.0. The van der Waals surface area contributed by atoms with Crippen LogP contribution in [0, 0.1) is 17.8 Å². The summed E-state index contributed by atoms with van der Waals surface area (Å²) in [5.74, 6) is -4.28. The summed E-state index contributed by atoms with van der Waals surface area (Å²) in [5, 5.41) is 36.8.